The van der Waals surface area contributed by atoms with Crippen molar-refractivity contribution in [2.24, 2.45) is 0 Å². The highest BCUT2D eigenvalue weighted by molar-refractivity contribution is 8.24. The van der Waals surface area contributed by atoms with Crippen LogP contribution >= 0.6 is 10.6 Å². The van der Waals surface area contributed by atoms with Gasteiger partial charge in [-0.25, -0.2) is 4.79 Å². The normalized spacial score (nSPS) is 12.7. The van der Waals surface area contributed by atoms with Gasteiger partial charge in [0.2, 0.25) is 20.2 Å². The zero-order valence-corrected chi connectivity index (χ0v) is 37.6. The molecule has 0 aromatic heterocycles. The predicted octanol–water partition coefficient (Wildman–Crippen LogP) is 12.0. The summed E-state index contributed by atoms with van der Waals surface area (Å²) in [6.45, 7) is 3.50. The van der Waals surface area contributed by atoms with Gasteiger partial charge in [0, 0.05) is 17.4 Å². The second-order valence-electron chi connectivity index (χ2n) is 14.2. The highest BCUT2D eigenvalue weighted by Crippen LogP contribution is 2.49. The Balaban J connectivity index is 1.27. The maximum Gasteiger partial charge on any atom is 0.409 e. The molecule has 7 radical (unpaired) electrons. The van der Waals surface area contributed by atoms with Gasteiger partial charge in [-0.2, -0.15) is 10.6 Å². The summed E-state index contributed by atoms with van der Waals surface area (Å²) in [5, 5.41) is 0. The van der Waals surface area contributed by atoms with Crippen LogP contribution in [0.1, 0.15) is 150 Å². The van der Waals surface area contributed by atoms with Crippen LogP contribution in [0.5, 0.6) is 11.5 Å². The van der Waals surface area contributed by atoms with Crippen LogP contribution in [0.15, 0.2) is 77.7 Å². The molecule has 3 rings (SSSR count). The number of unbranched alkanes of at least 4 members (excludes halogenated alkanes) is 17. The van der Waals surface area contributed by atoms with Gasteiger partial charge in [0.25, 0.3) is 0 Å². The number of hydrogen-bond donors (Lipinski definition) is 1. The van der Waals surface area contributed by atoms with Crippen LogP contribution in [-0.2, 0) is 12.4 Å². The second kappa shape index (κ2) is 30.4. The maximum absolute atomic E-state index is 12.7. The molecule has 56 heavy (non-hydrogen) atoms. The Morgan fingerprint density at radius 3 is 1.68 bits per heavy atom. The molecule has 1 atom stereocenters. The fourth-order valence-corrected chi connectivity index (χ4v) is 8.90. The fourth-order valence-electron chi connectivity index (χ4n) is 6.10. The Morgan fingerprint density at radius 2 is 1.12 bits per heavy atom. The molecule has 7 nitrogen and oxygen atoms in total. The molecule has 0 spiro atoms. The first-order valence-electron chi connectivity index (χ1n) is 20.7. The van der Waals surface area contributed by atoms with Gasteiger partial charge in [-0.15, -0.1) is 0 Å². The summed E-state index contributed by atoms with van der Waals surface area (Å²) in [6, 6.07) is 23.0. The fraction of sp³-hybridized carbons (Fsp3) is 0.533. The lowest BCUT2D eigenvalue weighted by Gasteiger charge is -2.34. The summed E-state index contributed by atoms with van der Waals surface area (Å²) in [5.41, 5.74) is 2.11. The van der Waals surface area contributed by atoms with Crippen molar-refractivity contribution in [1.29, 1.82) is 0 Å². The summed E-state index contributed by atoms with van der Waals surface area (Å²) >= 11 is 0. The molecule has 0 saturated heterocycles. The monoisotopic (exact) mass is 831 g/mol. The zero-order chi connectivity index (χ0) is 39.9. The Kier molecular flexibility index (Phi) is 25.9. The molecule has 0 aliphatic heterocycles. The van der Waals surface area contributed by atoms with E-state index in [4.69, 9.17) is 21.9 Å². The lowest BCUT2D eigenvalue weighted by molar-refractivity contribution is 0.0734. The van der Waals surface area contributed by atoms with Crippen molar-refractivity contribution in [1.82, 2.24) is 0 Å². The van der Waals surface area contributed by atoms with Crippen LogP contribution < -0.4 is 9.47 Å². The largest absolute Gasteiger partial charge is 0.494 e. The molecule has 0 fully saturated rings. The van der Waals surface area contributed by atoms with Crippen molar-refractivity contribution in [2.75, 3.05) is 19.5 Å². The lowest BCUT2D eigenvalue weighted by atomic mass is 10.1. The molecule has 303 valence electrons. The summed E-state index contributed by atoms with van der Waals surface area (Å²) in [5.74, 6) is 7.14. The Bertz CT molecular complexity index is 1510. The summed E-state index contributed by atoms with van der Waals surface area (Å²) in [4.78, 5) is 13.5. The number of carbonyl (C=O) groups is 1. The van der Waals surface area contributed by atoms with Crippen LogP contribution in [0.4, 0.5) is 0 Å². The summed E-state index contributed by atoms with van der Waals surface area (Å²) in [7, 11) is 1.25. The van der Waals surface area contributed by atoms with Crippen molar-refractivity contribution >= 4 is 46.8 Å². The number of benzene rings is 3. The summed E-state index contributed by atoms with van der Waals surface area (Å²) < 4.78 is 38.5. The first kappa shape index (κ1) is 47.7. The Morgan fingerprint density at radius 1 is 0.643 bits per heavy atom. The third kappa shape index (κ3) is 21.7. The first-order chi connectivity index (χ1) is 27.4. The molecule has 1 N–H and O–H groups in total. The molecule has 0 aliphatic carbocycles. The van der Waals surface area contributed by atoms with Crippen molar-refractivity contribution in [3.63, 3.8) is 0 Å². The van der Waals surface area contributed by atoms with Gasteiger partial charge in [0.1, 0.15) is 11.5 Å². The molecule has 0 aliphatic rings. The van der Waals surface area contributed by atoms with E-state index in [-0.39, 0.29) is 10.0 Å². The average Bonchev–Trinajstić information content (AvgIpc) is 3.21. The number of rotatable bonds is 31. The van der Waals surface area contributed by atoms with E-state index in [9.17, 15) is 9.35 Å². The van der Waals surface area contributed by atoms with Crippen LogP contribution in [0.25, 0.3) is 0 Å². The van der Waals surface area contributed by atoms with E-state index in [1.54, 1.807) is 30.5 Å². The minimum Gasteiger partial charge on any atom is -0.494 e. The van der Waals surface area contributed by atoms with E-state index in [0.717, 1.165) is 47.1 Å². The van der Waals surface area contributed by atoms with Crippen molar-refractivity contribution in [3.8, 4) is 23.3 Å². The molecule has 0 heterocycles. The van der Waals surface area contributed by atoms with Gasteiger partial charge in [-0.05, 0) is 91.7 Å². The van der Waals surface area contributed by atoms with E-state index in [1.807, 2.05) is 48.5 Å². The van der Waals surface area contributed by atoms with Gasteiger partial charge in [0.15, 0.2) is 0 Å². The SMILES string of the molecule is CCCCCCCCCCCCOc1ccc(C(=O)Oc2ccc(C#Cc3ccc(S(C)(O)OCCCCCCCCCCC[Si]O[Si]O[Si])cc3)cc2)cc1. The molecule has 0 amide bonds. The number of hydrogen-bond acceptors (Lipinski definition) is 7. The minimum absolute atomic E-state index is 0.0947. The van der Waals surface area contributed by atoms with Crippen molar-refractivity contribution in [3.05, 3.63) is 89.5 Å². The van der Waals surface area contributed by atoms with E-state index >= 15 is 0 Å². The van der Waals surface area contributed by atoms with Crippen LogP contribution in [-0.4, -0.2) is 60.2 Å². The molecule has 3 aromatic rings. The molecular weight excluding hydrogens is 769 g/mol. The lowest BCUT2D eigenvalue weighted by Crippen LogP contribution is -2.08. The molecule has 3 aromatic carbocycles. The summed E-state index contributed by atoms with van der Waals surface area (Å²) in [6.07, 6.45) is 25.6. The van der Waals surface area contributed by atoms with Crippen molar-refractivity contribution in [2.45, 2.75) is 140 Å². The number of ether oxygens (including phenoxy) is 2. The Hall–Kier alpha value is -2.67. The van der Waals surface area contributed by atoms with Crippen LogP contribution in [0, 0.1) is 11.8 Å². The topological polar surface area (TPSA) is 83.5 Å². The second-order valence-corrected chi connectivity index (χ2v) is 19.1. The van der Waals surface area contributed by atoms with Crippen LogP contribution in [0.3, 0.4) is 0 Å². The Labute approximate surface area is 348 Å². The standard InChI is InChI=1S/C45H63O7SSi3/c1-3-4-5-6-7-8-10-13-16-19-36-48-42-32-28-41(29-33-42)45(46)50-43-30-24-39(25-31-43)22-23-40-26-34-44(35-27-40)53(2,47)49-37-20-17-14-11-9-12-15-18-21-38-55-52-56-51-54/h24-35,47H,3-21,36-38H2,1-2H3. The minimum atomic E-state index is -2.32. The maximum atomic E-state index is 12.7. The van der Waals surface area contributed by atoms with Gasteiger partial charge in [0.05, 0.1) is 23.7 Å². The third-order valence-electron chi connectivity index (χ3n) is 9.46. The van der Waals surface area contributed by atoms with Crippen molar-refractivity contribution < 1.29 is 31.2 Å². The quantitative estimate of drug-likeness (QED) is 0.0227. The van der Waals surface area contributed by atoms with E-state index in [1.165, 1.54) is 103 Å². The van der Waals surface area contributed by atoms with E-state index < -0.39 is 16.6 Å². The highest BCUT2D eigenvalue weighted by Gasteiger charge is 2.14. The van der Waals surface area contributed by atoms with E-state index in [0.29, 0.717) is 34.3 Å². The van der Waals surface area contributed by atoms with Gasteiger partial charge >= 0.3 is 16.0 Å². The molecular formula is C45H63O7SSi3. The number of carbonyl (C=O) groups excluding carboxylic acids is 1. The van der Waals surface area contributed by atoms with Crippen LogP contribution in [0.2, 0.25) is 6.04 Å². The highest BCUT2D eigenvalue weighted by atomic mass is 32.3. The molecule has 11 heteroatoms. The van der Waals surface area contributed by atoms with Gasteiger partial charge in [-0.3, -0.25) is 8.74 Å². The first-order valence-corrected chi connectivity index (χ1v) is 25.0. The third-order valence-corrected chi connectivity index (χ3v) is 13.0. The molecule has 0 saturated carbocycles. The van der Waals surface area contributed by atoms with Gasteiger partial charge < -0.3 is 17.7 Å². The predicted molar refractivity (Wildman–Crippen MR) is 234 cm³/mol. The average molecular weight is 832 g/mol. The van der Waals surface area contributed by atoms with E-state index in [2.05, 4.69) is 29.3 Å². The van der Waals surface area contributed by atoms with Gasteiger partial charge in [-0.1, -0.05) is 128 Å². The molecule has 1 unspecified atom stereocenters. The molecule has 0 bridgehead atoms. The smallest absolute Gasteiger partial charge is 0.409 e. The number of esters is 1. The zero-order valence-electron chi connectivity index (χ0n) is 33.8.